The lowest BCUT2D eigenvalue weighted by Crippen LogP contribution is -2.40. The average molecular weight is 235 g/mol. The van der Waals surface area contributed by atoms with Crippen LogP contribution in [0.25, 0.3) is 0 Å². The summed E-state index contributed by atoms with van der Waals surface area (Å²) in [5.74, 6) is 0. The summed E-state index contributed by atoms with van der Waals surface area (Å²) < 4.78 is 0. The molecule has 0 amide bonds. The number of rotatable bonds is 6. The molecule has 1 rings (SSSR count). The Morgan fingerprint density at radius 1 is 1.18 bits per heavy atom. The molecule has 0 aliphatic rings. The molecule has 0 fully saturated rings. The molecule has 1 aromatic rings. The predicted molar refractivity (Wildman–Crippen MR) is 73.1 cm³/mol. The van der Waals surface area contributed by atoms with Crippen LogP contribution in [-0.2, 0) is 6.42 Å². The summed E-state index contributed by atoms with van der Waals surface area (Å²) in [4.78, 5) is 0. The Kier molecular flexibility index (Phi) is 5.66. The minimum Gasteiger partial charge on any atom is -0.392 e. The molecule has 2 heteroatoms. The molecule has 0 aliphatic heterocycles. The zero-order valence-corrected chi connectivity index (χ0v) is 11.2. The molecule has 0 aromatic heterocycles. The Hall–Kier alpha value is -0.860. The minimum atomic E-state index is -0.238. The van der Waals surface area contributed by atoms with Crippen LogP contribution in [0.2, 0.25) is 0 Å². The fourth-order valence-electron chi connectivity index (χ4n) is 1.71. The van der Waals surface area contributed by atoms with Crippen molar-refractivity contribution in [3.05, 3.63) is 35.9 Å². The van der Waals surface area contributed by atoms with E-state index in [0.717, 1.165) is 19.3 Å². The average Bonchev–Trinajstić information content (AvgIpc) is 2.27. The molecule has 0 bridgehead atoms. The van der Waals surface area contributed by atoms with Crippen molar-refractivity contribution in [2.45, 2.75) is 51.7 Å². The van der Waals surface area contributed by atoms with Crippen molar-refractivity contribution in [1.29, 1.82) is 0 Å². The Morgan fingerprint density at radius 3 is 2.41 bits per heavy atom. The lowest BCUT2D eigenvalue weighted by molar-refractivity contribution is 0.149. The molecular formula is C15H25NO. The third-order valence-corrected chi connectivity index (χ3v) is 2.71. The van der Waals surface area contributed by atoms with Crippen molar-refractivity contribution in [3.63, 3.8) is 0 Å². The smallest absolute Gasteiger partial charge is 0.0664 e. The van der Waals surface area contributed by atoms with Gasteiger partial charge >= 0.3 is 0 Å². The molecule has 0 saturated carbocycles. The van der Waals surface area contributed by atoms with Crippen molar-refractivity contribution >= 4 is 0 Å². The number of aryl methyl sites for hydroxylation is 1. The van der Waals surface area contributed by atoms with Crippen molar-refractivity contribution in [2.24, 2.45) is 0 Å². The molecular weight excluding hydrogens is 210 g/mol. The summed E-state index contributed by atoms with van der Waals surface area (Å²) >= 11 is 0. The summed E-state index contributed by atoms with van der Waals surface area (Å²) in [5, 5.41) is 13.1. The highest BCUT2D eigenvalue weighted by molar-refractivity contribution is 5.14. The van der Waals surface area contributed by atoms with Crippen LogP contribution in [0.1, 0.15) is 39.2 Å². The van der Waals surface area contributed by atoms with Crippen LogP contribution >= 0.6 is 0 Å². The van der Waals surface area contributed by atoms with Gasteiger partial charge in [-0.05, 0) is 45.6 Å². The minimum absolute atomic E-state index is 0.0837. The van der Waals surface area contributed by atoms with Gasteiger partial charge in [-0.1, -0.05) is 30.3 Å². The van der Waals surface area contributed by atoms with Crippen molar-refractivity contribution in [2.75, 3.05) is 6.54 Å². The maximum absolute atomic E-state index is 9.83. The second-order valence-electron chi connectivity index (χ2n) is 5.66. The third kappa shape index (κ3) is 7.14. The van der Waals surface area contributed by atoms with E-state index in [2.05, 4.69) is 50.4 Å². The van der Waals surface area contributed by atoms with E-state index in [1.54, 1.807) is 0 Å². The van der Waals surface area contributed by atoms with Gasteiger partial charge < -0.3 is 10.4 Å². The maximum Gasteiger partial charge on any atom is 0.0664 e. The fourth-order valence-corrected chi connectivity index (χ4v) is 1.71. The molecule has 0 spiro atoms. The number of nitrogens with one attached hydrogen (secondary N) is 1. The number of benzene rings is 1. The summed E-state index contributed by atoms with van der Waals surface area (Å²) in [6.45, 7) is 7.02. The van der Waals surface area contributed by atoms with Crippen molar-refractivity contribution < 1.29 is 5.11 Å². The molecule has 1 unspecified atom stereocenters. The largest absolute Gasteiger partial charge is 0.392 e. The number of aliphatic hydroxyl groups excluding tert-OH is 1. The SMILES string of the molecule is CC(C)(C)NCC(O)CCCc1ccccc1. The fraction of sp³-hybridized carbons (Fsp3) is 0.600. The number of hydrogen-bond acceptors (Lipinski definition) is 2. The lowest BCUT2D eigenvalue weighted by Gasteiger charge is -2.22. The molecule has 2 nitrogen and oxygen atoms in total. The zero-order chi connectivity index (χ0) is 12.7. The van der Waals surface area contributed by atoms with Gasteiger partial charge in [-0.3, -0.25) is 0 Å². The normalized spacial score (nSPS) is 13.6. The molecule has 0 radical (unpaired) electrons. The quantitative estimate of drug-likeness (QED) is 0.794. The lowest BCUT2D eigenvalue weighted by atomic mass is 10.0. The van der Waals surface area contributed by atoms with Crippen LogP contribution in [0.3, 0.4) is 0 Å². The van der Waals surface area contributed by atoms with Gasteiger partial charge in [0.25, 0.3) is 0 Å². The molecule has 96 valence electrons. The first-order chi connectivity index (χ1) is 7.97. The van der Waals surface area contributed by atoms with Crippen LogP contribution in [0.15, 0.2) is 30.3 Å². The van der Waals surface area contributed by atoms with Crippen LogP contribution < -0.4 is 5.32 Å². The van der Waals surface area contributed by atoms with Gasteiger partial charge in [-0.15, -0.1) is 0 Å². The highest BCUT2D eigenvalue weighted by Crippen LogP contribution is 2.07. The van der Waals surface area contributed by atoms with Gasteiger partial charge in [0.15, 0.2) is 0 Å². The van der Waals surface area contributed by atoms with Gasteiger partial charge in [0, 0.05) is 12.1 Å². The van der Waals surface area contributed by atoms with E-state index in [9.17, 15) is 5.11 Å². The van der Waals surface area contributed by atoms with Crippen LogP contribution in [0, 0.1) is 0 Å². The molecule has 1 atom stereocenters. The van der Waals surface area contributed by atoms with E-state index >= 15 is 0 Å². The summed E-state index contributed by atoms with van der Waals surface area (Å²) in [7, 11) is 0. The monoisotopic (exact) mass is 235 g/mol. The number of hydrogen-bond donors (Lipinski definition) is 2. The van der Waals surface area contributed by atoms with E-state index in [4.69, 9.17) is 0 Å². The predicted octanol–water partition coefficient (Wildman–Crippen LogP) is 2.76. The first kappa shape index (κ1) is 14.2. The molecule has 2 N–H and O–H groups in total. The van der Waals surface area contributed by atoms with Crippen LogP contribution in [0.4, 0.5) is 0 Å². The zero-order valence-electron chi connectivity index (χ0n) is 11.2. The van der Waals surface area contributed by atoms with Gasteiger partial charge in [0.1, 0.15) is 0 Å². The highest BCUT2D eigenvalue weighted by atomic mass is 16.3. The van der Waals surface area contributed by atoms with E-state index < -0.39 is 0 Å². The summed E-state index contributed by atoms with van der Waals surface area (Å²) in [5.41, 5.74) is 1.43. The van der Waals surface area contributed by atoms with Gasteiger partial charge in [-0.25, -0.2) is 0 Å². The number of β-amino-alcohol motifs (C(OH)–C–C–N with tert-alkyl or cyclic N) is 1. The van der Waals surface area contributed by atoms with E-state index in [0.29, 0.717) is 6.54 Å². The second kappa shape index (κ2) is 6.77. The molecule has 0 saturated heterocycles. The van der Waals surface area contributed by atoms with Crippen molar-refractivity contribution in [3.8, 4) is 0 Å². The Balaban J connectivity index is 2.14. The Morgan fingerprint density at radius 2 is 1.82 bits per heavy atom. The first-order valence-corrected chi connectivity index (χ1v) is 6.44. The van der Waals surface area contributed by atoms with Crippen LogP contribution in [-0.4, -0.2) is 23.3 Å². The van der Waals surface area contributed by atoms with Crippen LogP contribution in [0.5, 0.6) is 0 Å². The third-order valence-electron chi connectivity index (χ3n) is 2.71. The summed E-state index contributed by atoms with van der Waals surface area (Å²) in [6, 6.07) is 10.4. The molecule has 0 heterocycles. The van der Waals surface area contributed by atoms with E-state index in [1.165, 1.54) is 5.56 Å². The van der Waals surface area contributed by atoms with Crippen molar-refractivity contribution in [1.82, 2.24) is 5.32 Å². The number of aliphatic hydroxyl groups is 1. The topological polar surface area (TPSA) is 32.3 Å². The second-order valence-corrected chi connectivity index (χ2v) is 5.66. The summed E-state index contributed by atoms with van der Waals surface area (Å²) in [6.07, 6.45) is 2.71. The highest BCUT2D eigenvalue weighted by Gasteiger charge is 2.11. The van der Waals surface area contributed by atoms with Gasteiger partial charge in [-0.2, -0.15) is 0 Å². The van der Waals surface area contributed by atoms with E-state index in [-0.39, 0.29) is 11.6 Å². The Bertz CT molecular complexity index is 302. The van der Waals surface area contributed by atoms with E-state index in [1.807, 2.05) is 6.07 Å². The standard InChI is InChI=1S/C15H25NO/c1-15(2,3)16-12-14(17)11-7-10-13-8-5-4-6-9-13/h4-6,8-9,14,16-17H,7,10-12H2,1-3H3. The molecule has 17 heavy (non-hydrogen) atoms. The van der Waals surface area contributed by atoms with Gasteiger partial charge in [0.2, 0.25) is 0 Å². The van der Waals surface area contributed by atoms with Gasteiger partial charge in [0.05, 0.1) is 6.10 Å². The molecule has 0 aliphatic carbocycles. The first-order valence-electron chi connectivity index (χ1n) is 6.44. The Labute approximate surface area is 105 Å². The molecule has 1 aromatic carbocycles. The maximum atomic E-state index is 9.83.